The second-order valence-corrected chi connectivity index (χ2v) is 3.92. The summed E-state index contributed by atoms with van der Waals surface area (Å²) < 4.78 is 0. The molecule has 5 nitrogen and oxygen atoms in total. The molecule has 18 heavy (non-hydrogen) atoms. The van der Waals surface area contributed by atoms with Crippen molar-refractivity contribution in [1.29, 1.82) is 5.26 Å². The van der Waals surface area contributed by atoms with Crippen LogP contribution in [0, 0.1) is 11.3 Å². The number of rotatable bonds is 3. The lowest BCUT2D eigenvalue weighted by atomic mass is 10.1. The predicted octanol–water partition coefficient (Wildman–Crippen LogP) is 0.910. The van der Waals surface area contributed by atoms with Gasteiger partial charge >= 0.3 is 5.97 Å². The summed E-state index contributed by atoms with van der Waals surface area (Å²) in [5.41, 5.74) is 1.22. The molecule has 2 rings (SSSR count). The third kappa shape index (κ3) is 2.23. The van der Waals surface area contributed by atoms with Crippen LogP contribution < -0.4 is 0 Å². The number of carbonyl (C=O) groups excluding carboxylic acids is 1. The highest BCUT2D eigenvalue weighted by Crippen LogP contribution is 2.16. The molecule has 0 spiro atoms. The van der Waals surface area contributed by atoms with E-state index in [-0.39, 0.29) is 12.5 Å². The van der Waals surface area contributed by atoms with Gasteiger partial charge in [-0.1, -0.05) is 12.1 Å². The van der Waals surface area contributed by atoms with Gasteiger partial charge in [-0.25, -0.2) is 4.79 Å². The molecule has 0 fully saturated rings. The molecule has 1 N–H and O–H groups in total. The molecule has 1 aliphatic rings. The van der Waals surface area contributed by atoms with Gasteiger partial charge < -0.3 is 10.0 Å². The van der Waals surface area contributed by atoms with E-state index in [0.29, 0.717) is 5.56 Å². The Morgan fingerprint density at radius 3 is 2.94 bits per heavy atom. The van der Waals surface area contributed by atoms with Gasteiger partial charge in [0.2, 0.25) is 5.91 Å². The molecule has 1 amide bonds. The summed E-state index contributed by atoms with van der Waals surface area (Å²) in [6.45, 7) is 0.179. The molecule has 1 aromatic rings. The van der Waals surface area contributed by atoms with Gasteiger partial charge in [-0.15, -0.1) is 0 Å². The lowest BCUT2D eigenvalue weighted by Crippen LogP contribution is -2.38. The van der Waals surface area contributed by atoms with Crippen molar-refractivity contribution in [3.8, 4) is 6.07 Å². The minimum Gasteiger partial charge on any atom is -0.479 e. The fourth-order valence-corrected chi connectivity index (χ4v) is 1.84. The van der Waals surface area contributed by atoms with Crippen LogP contribution >= 0.6 is 0 Å². The Bertz CT molecular complexity index is 572. The van der Waals surface area contributed by atoms with Crippen LogP contribution in [-0.4, -0.2) is 27.9 Å². The predicted molar refractivity (Wildman–Crippen MR) is 62.3 cm³/mol. The molecule has 0 bridgehead atoms. The molecule has 0 aliphatic carbocycles. The molecule has 1 aromatic carbocycles. The highest BCUT2D eigenvalue weighted by atomic mass is 16.4. The largest absolute Gasteiger partial charge is 0.479 e. The summed E-state index contributed by atoms with van der Waals surface area (Å²) in [6.07, 6.45) is 2.62. The summed E-state index contributed by atoms with van der Waals surface area (Å²) in [4.78, 5) is 23.8. The Balaban J connectivity index is 2.20. The molecule has 1 atom stereocenters. The number of carbonyl (C=O) groups is 2. The van der Waals surface area contributed by atoms with Crippen molar-refractivity contribution >= 4 is 11.9 Å². The number of nitriles is 1. The second-order valence-electron chi connectivity index (χ2n) is 3.92. The van der Waals surface area contributed by atoms with Crippen molar-refractivity contribution in [3.63, 3.8) is 0 Å². The highest BCUT2D eigenvalue weighted by molar-refractivity contribution is 5.96. The fourth-order valence-electron chi connectivity index (χ4n) is 1.84. The van der Waals surface area contributed by atoms with Crippen molar-refractivity contribution in [2.24, 2.45) is 0 Å². The normalized spacial score (nSPS) is 17.8. The number of nitrogens with zero attached hydrogens (tertiary/aromatic N) is 2. The van der Waals surface area contributed by atoms with Crippen LogP contribution in [0.5, 0.6) is 0 Å². The number of hydrogen-bond donors (Lipinski definition) is 1. The molecule has 0 saturated carbocycles. The Labute approximate surface area is 104 Å². The average molecular weight is 242 g/mol. The number of carboxylic acid groups (broad SMARTS) is 1. The quantitative estimate of drug-likeness (QED) is 0.854. The van der Waals surface area contributed by atoms with Crippen LogP contribution in [-0.2, 0) is 16.1 Å². The maximum absolute atomic E-state index is 11.6. The molecule has 0 aromatic heterocycles. The van der Waals surface area contributed by atoms with Gasteiger partial charge in [0.25, 0.3) is 0 Å². The SMILES string of the molecule is N#Cc1cccc(CN2C(=O)C=C[C@@H]2C(=O)O)c1. The maximum Gasteiger partial charge on any atom is 0.330 e. The number of hydrogen-bond acceptors (Lipinski definition) is 3. The van der Waals surface area contributed by atoms with E-state index in [4.69, 9.17) is 10.4 Å². The lowest BCUT2D eigenvalue weighted by Gasteiger charge is -2.21. The molecule has 1 heterocycles. The van der Waals surface area contributed by atoms with Crippen molar-refractivity contribution < 1.29 is 14.7 Å². The van der Waals surface area contributed by atoms with E-state index in [1.54, 1.807) is 24.3 Å². The summed E-state index contributed by atoms with van der Waals surface area (Å²) in [5.74, 6) is -1.39. The fraction of sp³-hybridized carbons (Fsp3) is 0.154. The topological polar surface area (TPSA) is 81.4 Å². The van der Waals surface area contributed by atoms with Crippen LogP contribution in [0.2, 0.25) is 0 Å². The minimum absolute atomic E-state index is 0.179. The summed E-state index contributed by atoms with van der Waals surface area (Å²) in [7, 11) is 0. The smallest absolute Gasteiger partial charge is 0.330 e. The van der Waals surface area contributed by atoms with E-state index in [2.05, 4.69) is 0 Å². The monoisotopic (exact) mass is 242 g/mol. The Morgan fingerprint density at radius 2 is 2.28 bits per heavy atom. The van der Waals surface area contributed by atoms with Gasteiger partial charge in [0.15, 0.2) is 0 Å². The zero-order chi connectivity index (χ0) is 13.1. The van der Waals surface area contributed by atoms with E-state index in [0.717, 1.165) is 5.56 Å². The number of carboxylic acids is 1. The lowest BCUT2D eigenvalue weighted by molar-refractivity contribution is -0.145. The molecular formula is C13H10N2O3. The number of benzene rings is 1. The standard InChI is InChI=1S/C13H10N2O3/c14-7-9-2-1-3-10(6-9)8-15-11(13(17)18)4-5-12(15)16/h1-6,11H,8H2,(H,17,18)/t11-/m1/s1. The molecule has 5 heteroatoms. The molecular weight excluding hydrogens is 232 g/mol. The van der Waals surface area contributed by atoms with Crippen LogP contribution in [0.15, 0.2) is 36.4 Å². The first-order valence-electron chi connectivity index (χ1n) is 5.32. The zero-order valence-corrected chi connectivity index (χ0v) is 9.41. The first kappa shape index (κ1) is 11.9. The molecule has 0 unspecified atom stereocenters. The van der Waals surface area contributed by atoms with Gasteiger partial charge in [-0.3, -0.25) is 4.79 Å². The van der Waals surface area contributed by atoms with Crippen LogP contribution in [0.1, 0.15) is 11.1 Å². The van der Waals surface area contributed by atoms with Gasteiger partial charge in [0.1, 0.15) is 6.04 Å². The summed E-state index contributed by atoms with van der Waals surface area (Å²) >= 11 is 0. The van der Waals surface area contributed by atoms with Gasteiger partial charge in [-0.05, 0) is 23.8 Å². The Kier molecular flexibility index (Phi) is 3.11. The first-order chi connectivity index (χ1) is 8.61. The number of aliphatic carboxylic acids is 1. The zero-order valence-electron chi connectivity index (χ0n) is 9.41. The van der Waals surface area contributed by atoms with Crippen molar-refractivity contribution in [2.45, 2.75) is 12.6 Å². The third-order valence-corrected chi connectivity index (χ3v) is 2.70. The van der Waals surface area contributed by atoms with E-state index < -0.39 is 12.0 Å². The summed E-state index contributed by atoms with van der Waals surface area (Å²) in [5, 5.41) is 17.8. The average Bonchev–Trinajstić information content (AvgIpc) is 2.71. The van der Waals surface area contributed by atoms with Gasteiger partial charge in [0, 0.05) is 12.6 Å². The third-order valence-electron chi connectivity index (χ3n) is 2.70. The minimum atomic E-state index is -1.06. The van der Waals surface area contributed by atoms with Crippen LogP contribution in [0.25, 0.3) is 0 Å². The first-order valence-corrected chi connectivity index (χ1v) is 5.32. The van der Waals surface area contributed by atoms with Gasteiger partial charge in [0.05, 0.1) is 11.6 Å². The van der Waals surface area contributed by atoms with Crippen molar-refractivity contribution in [1.82, 2.24) is 4.90 Å². The van der Waals surface area contributed by atoms with E-state index in [9.17, 15) is 9.59 Å². The van der Waals surface area contributed by atoms with E-state index >= 15 is 0 Å². The number of amides is 1. The molecule has 1 aliphatic heterocycles. The van der Waals surface area contributed by atoms with Crippen LogP contribution in [0.3, 0.4) is 0 Å². The van der Waals surface area contributed by atoms with Gasteiger partial charge in [-0.2, -0.15) is 5.26 Å². The van der Waals surface area contributed by atoms with Crippen molar-refractivity contribution in [2.75, 3.05) is 0 Å². The second kappa shape index (κ2) is 4.72. The molecule has 0 saturated heterocycles. The molecule has 90 valence electrons. The van der Waals surface area contributed by atoms with E-state index in [1.165, 1.54) is 17.1 Å². The Hall–Kier alpha value is -2.61. The highest BCUT2D eigenvalue weighted by Gasteiger charge is 2.31. The molecule has 0 radical (unpaired) electrons. The van der Waals surface area contributed by atoms with Crippen molar-refractivity contribution in [3.05, 3.63) is 47.5 Å². The Morgan fingerprint density at radius 1 is 1.50 bits per heavy atom. The maximum atomic E-state index is 11.6. The van der Waals surface area contributed by atoms with Crippen LogP contribution in [0.4, 0.5) is 0 Å². The van der Waals surface area contributed by atoms with E-state index in [1.807, 2.05) is 6.07 Å². The summed E-state index contributed by atoms with van der Waals surface area (Å²) in [6, 6.07) is 7.83.